The Morgan fingerprint density at radius 2 is 2.25 bits per heavy atom. The van der Waals surface area contributed by atoms with E-state index in [1.165, 1.54) is 0 Å². The summed E-state index contributed by atoms with van der Waals surface area (Å²) >= 11 is 0. The molecule has 1 aliphatic rings. The van der Waals surface area contributed by atoms with E-state index in [4.69, 9.17) is 5.11 Å². The summed E-state index contributed by atoms with van der Waals surface area (Å²) in [5, 5.41) is 11.2. The van der Waals surface area contributed by atoms with Gasteiger partial charge in [-0.05, 0) is 32.2 Å². The lowest BCUT2D eigenvalue weighted by Gasteiger charge is -2.22. The number of amides is 1. The Hall–Kier alpha value is -1.10. The molecular formula is C11H20N2O3. The van der Waals surface area contributed by atoms with E-state index in [1.54, 1.807) is 7.05 Å². The summed E-state index contributed by atoms with van der Waals surface area (Å²) in [6.07, 6.45) is 1.94. The van der Waals surface area contributed by atoms with Gasteiger partial charge >= 0.3 is 5.97 Å². The first-order chi connectivity index (χ1) is 7.54. The minimum atomic E-state index is -0.738. The summed E-state index contributed by atoms with van der Waals surface area (Å²) in [4.78, 5) is 24.0. The number of likely N-dealkylation sites (tertiary alicyclic amines) is 1. The average Bonchev–Trinajstić information content (AvgIpc) is 2.72. The van der Waals surface area contributed by atoms with E-state index >= 15 is 0 Å². The standard InChI is InChI=1S/C11H20N2O3/c1-8(11(16)12-2)13-6-5-9(7-13)3-4-10(14)15/h8-9H,3-7H2,1-2H3,(H,12,16)(H,14,15). The fourth-order valence-corrected chi connectivity index (χ4v) is 2.15. The van der Waals surface area contributed by atoms with Crippen molar-refractivity contribution >= 4 is 11.9 Å². The normalized spacial score (nSPS) is 23.0. The molecule has 1 saturated heterocycles. The number of aliphatic carboxylic acids is 1. The van der Waals surface area contributed by atoms with Crippen LogP contribution < -0.4 is 5.32 Å². The highest BCUT2D eigenvalue weighted by molar-refractivity contribution is 5.81. The van der Waals surface area contributed by atoms with Gasteiger partial charge in [0.25, 0.3) is 0 Å². The zero-order chi connectivity index (χ0) is 12.1. The number of hydrogen-bond acceptors (Lipinski definition) is 3. The minimum Gasteiger partial charge on any atom is -0.481 e. The molecule has 1 aliphatic heterocycles. The van der Waals surface area contributed by atoms with Gasteiger partial charge in [0.05, 0.1) is 6.04 Å². The zero-order valence-corrected chi connectivity index (χ0v) is 9.90. The second-order valence-corrected chi connectivity index (χ2v) is 4.37. The van der Waals surface area contributed by atoms with Crippen LogP contribution in [0.1, 0.15) is 26.2 Å². The largest absolute Gasteiger partial charge is 0.481 e. The number of hydrogen-bond donors (Lipinski definition) is 2. The van der Waals surface area contributed by atoms with E-state index in [2.05, 4.69) is 10.2 Å². The minimum absolute atomic E-state index is 0.0267. The molecular weight excluding hydrogens is 208 g/mol. The monoisotopic (exact) mass is 228 g/mol. The summed E-state index contributed by atoms with van der Waals surface area (Å²) in [5.41, 5.74) is 0. The van der Waals surface area contributed by atoms with Crippen molar-refractivity contribution < 1.29 is 14.7 Å². The molecule has 5 nitrogen and oxygen atoms in total. The highest BCUT2D eigenvalue weighted by Crippen LogP contribution is 2.22. The highest BCUT2D eigenvalue weighted by atomic mass is 16.4. The molecule has 0 aromatic heterocycles. The molecule has 1 fully saturated rings. The molecule has 5 heteroatoms. The molecule has 0 aliphatic carbocycles. The van der Waals surface area contributed by atoms with E-state index in [9.17, 15) is 9.59 Å². The van der Waals surface area contributed by atoms with Gasteiger partial charge in [0, 0.05) is 20.0 Å². The Balaban J connectivity index is 2.34. The maximum Gasteiger partial charge on any atom is 0.303 e. The van der Waals surface area contributed by atoms with Gasteiger partial charge in [0.15, 0.2) is 0 Å². The van der Waals surface area contributed by atoms with Gasteiger partial charge in [-0.1, -0.05) is 0 Å². The fourth-order valence-electron chi connectivity index (χ4n) is 2.15. The summed E-state index contributed by atoms with van der Waals surface area (Å²) in [6.45, 7) is 3.61. The maximum atomic E-state index is 11.4. The van der Waals surface area contributed by atoms with E-state index in [-0.39, 0.29) is 18.4 Å². The lowest BCUT2D eigenvalue weighted by Crippen LogP contribution is -2.42. The SMILES string of the molecule is CNC(=O)C(C)N1CCC(CCC(=O)O)C1. The molecule has 0 saturated carbocycles. The van der Waals surface area contributed by atoms with Gasteiger partial charge in [-0.25, -0.2) is 0 Å². The van der Waals surface area contributed by atoms with Crippen LogP contribution in [-0.4, -0.2) is 48.1 Å². The first kappa shape index (κ1) is 13.0. The number of likely N-dealkylation sites (N-methyl/N-ethyl adjacent to an activating group) is 1. The Kier molecular flexibility index (Phi) is 4.73. The van der Waals surface area contributed by atoms with Gasteiger partial charge in [-0.15, -0.1) is 0 Å². The Morgan fingerprint density at radius 1 is 1.56 bits per heavy atom. The summed E-state index contributed by atoms with van der Waals surface area (Å²) in [5.74, 6) is -0.292. The van der Waals surface area contributed by atoms with E-state index in [0.717, 1.165) is 19.5 Å². The van der Waals surface area contributed by atoms with Gasteiger partial charge in [0.1, 0.15) is 0 Å². The Bertz CT molecular complexity index is 268. The molecule has 0 radical (unpaired) electrons. The van der Waals surface area contributed by atoms with E-state index < -0.39 is 5.97 Å². The highest BCUT2D eigenvalue weighted by Gasteiger charge is 2.29. The van der Waals surface area contributed by atoms with Crippen LogP contribution in [0.3, 0.4) is 0 Å². The lowest BCUT2D eigenvalue weighted by molar-refractivity contribution is -0.137. The average molecular weight is 228 g/mol. The van der Waals surface area contributed by atoms with Crippen molar-refractivity contribution in [2.45, 2.75) is 32.2 Å². The second-order valence-electron chi connectivity index (χ2n) is 4.37. The van der Waals surface area contributed by atoms with Gasteiger partial charge in [-0.3, -0.25) is 14.5 Å². The van der Waals surface area contributed by atoms with Gasteiger partial charge < -0.3 is 10.4 Å². The van der Waals surface area contributed by atoms with Gasteiger partial charge in [-0.2, -0.15) is 0 Å². The van der Waals surface area contributed by atoms with Crippen LogP contribution in [0.4, 0.5) is 0 Å². The van der Waals surface area contributed by atoms with Crippen molar-refractivity contribution in [1.29, 1.82) is 0 Å². The van der Waals surface area contributed by atoms with E-state index in [1.807, 2.05) is 6.92 Å². The number of rotatable bonds is 5. The van der Waals surface area contributed by atoms with Crippen molar-refractivity contribution in [2.24, 2.45) is 5.92 Å². The summed E-state index contributed by atoms with van der Waals surface area (Å²) < 4.78 is 0. The lowest BCUT2D eigenvalue weighted by atomic mass is 10.0. The van der Waals surface area contributed by atoms with Crippen molar-refractivity contribution in [2.75, 3.05) is 20.1 Å². The maximum absolute atomic E-state index is 11.4. The number of carboxylic acid groups (broad SMARTS) is 1. The first-order valence-electron chi connectivity index (χ1n) is 5.72. The molecule has 16 heavy (non-hydrogen) atoms. The predicted octanol–water partition coefficient (Wildman–Crippen LogP) is 0.308. The molecule has 92 valence electrons. The third-order valence-corrected chi connectivity index (χ3v) is 3.26. The zero-order valence-electron chi connectivity index (χ0n) is 9.90. The third kappa shape index (κ3) is 3.48. The smallest absolute Gasteiger partial charge is 0.303 e. The van der Waals surface area contributed by atoms with Crippen LogP contribution in [0.25, 0.3) is 0 Å². The number of carbonyl (C=O) groups excluding carboxylic acids is 1. The second kappa shape index (κ2) is 5.84. The predicted molar refractivity (Wildman–Crippen MR) is 60.1 cm³/mol. The Morgan fingerprint density at radius 3 is 2.81 bits per heavy atom. The Labute approximate surface area is 95.8 Å². The molecule has 2 N–H and O–H groups in total. The number of carboxylic acids is 1. The van der Waals surface area contributed by atoms with Crippen molar-refractivity contribution in [3.05, 3.63) is 0 Å². The quantitative estimate of drug-likeness (QED) is 0.710. The number of carbonyl (C=O) groups is 2. The molecule has 1 heterocycles. The molecule has 2 atom stereocenters. The molecule has 0 spiro atoms. The van der Waals surface area contributed by atoms with Crippen molar-refractivity contribution in [3.8, 4) is 0 Å². The van der Waals surface area contributed by atoms with Gasteiger partial charge in [0.2, 0.25) is 5.91 Å². The van der Waals surface area contributed by atoms with Crippen LogP contribution in [0.15, 0.2) is 0 Å². The number of nitrogens with zero attached hydrogens (tertiary/aromatic N) is 1. The molecule has 0 aromatic rings. The summed E-state index contributed by atoms with van der Waals surface area (Å²) in [6, 6.07) is -0.111. The van der Waals surface area contributed by atoms with E-state index in [0.29, 0.717) is 12.3 Å². The van der Waals surface area contributed by atoms with Crippen LogP contribution >= 0.6 is 0 Å². The molecule has 2 unspecified atom stereocenters. The third-order valence-electron chi connectivity index (χ3n) is 3.26. The van der Waals surface area contributed by atoms with Crippen LogP contribution in [0, 0.1) is 5.92 Å². The molecule has 1 rings (SSSR count). The van der Waals surface area contributed by atoms with Crippen LogP contribution in [0.5, 0.6) is 0 Å². The summed E-state index contributed by atoms with van der Waals surface area (Å²) in [7, 11) is 1.64. The fraction of sp³-hybridized carbons (Fsp3) is 0.818. The van der Waals surface area contributed by atoms with Crippen LogP contribution in [-0.2, 0) is 9.59 Å². The molecule has 0 bridgehead atoms. The van der Waals surface area contributed by atoms with Crippen molar-refractivity contribution in [1.82, 2.24) is 10.2 Å². The number of nitrogens with one attached hydrogen (secondary N) is 1. The molecule has 1 amide bonds. The first-order valence-corrected chi connectivity index (χ1v) is 5.72. The topological polar surface area (TPSA) is 69.6 Å². The molecule has 0 aromatic carbocycles. The van der Waals surface area contributed by atoms with Crippen LogP contribution in [0.2, 0.25) is 0 Å². The van der Waals surface area contributed by atoms with Crippen molar-refractivity contribution in [3.63, 3.8) is 0 Å².